The highest BCUT2D eigenvalue weighted by atomic mass is 16.7. The quantitative estimate of drug-likeness (QED) is 0.0578. The molecule has 4 aliphatic rings. The Morgan fingerprint density at radius 3 is 0.809 bits per heavy atom. The second-order valence-corrected chi connectivity index (χ2v) is 40.9. The molecule has 20 heteroatoms. The predicted octanol–water partition coefficient (Wildman–Crippen LogP) is 22.8. The third-order valence-electron chi connectivity index (χ3n) is 26.6. The van der Waals surface area contributed by atoms with E-state index in [2.05, 4.69) is 257 Å². The first-order valence-corrected chi connectivity index (χ1v) is 48.2. The van der Waals surface area contributed by atoms with Crippen molar-refractivity contribution < 1.29 is 19.4 Å². The molecule has 0 aromatic carbocycles. The Kier molecular flexibility index (Phi) is 39.6. The third-order valence-corrected chi connectivity index (χ3v) is 26.6. The highest BCUT2D eigenvalue weighted by Crippen LogP contribution is 2.51. The average Bonchev–Trinajstić information content (AvgIpc) is 0.738. The Hall–Kier alpha value is -3.18. The van der Waals surface area contributed by atoms with Gasteiger partial charge in [-0.3, -0.25) is 29.2 Å². The van der Waals surface area contributed by atoms with Crippen molar-refractivity contribution in [2.24, 2.45) is 0 Å². The van der Waals surface area contributed by atoms with Gasteiger partial charge in [-0.25, -0.2) is 0 Å². The maximum atomic E-state index is 6.88. The van der Waals surface area contributed by atoms with Gasteiger partial charge in [0.15, 0.2) is 11.6 Å². The minimum atomic E-state index is -0.503. The fraction of sp³-hybridized carbons (Fsp3) is 0.937. The van der Waals surface area contributed by atoms with Crippen molar-refractivity contribution in [3.05, 3.63) is 11.6 Å². The van der Waals surface area contributed by atoms with Gasteiger partial charge in [0.05, 0.1) is 37.5 Å². The molecule has 6 heterocycles. The van der Waals surface area contributed by atoms with Crippen LogP contribution in [0.4, 0.5) is 23.8 Å². The molecular formula is C95H184N16O4. The monoisotopic (exact) mass is 1610 g/mol. The SMILES string of the molecule is CCCCN(CCCC)c1nc(N(CCCC)CCCC)nc(C(CC)(CCC)N(CCCCCCN(c2nc(N(CCCC)C3CC(C)(C)N(OCCC)C(C)(C)C3)nc(C(CC)(CC)N(CCCC)C3CC(C)(C)N(OCCC)C(C)(C)C3)n2)C2CC(C)(C)N(OCCC)C(C)(C)C2)C2CC(C)(C)N(OCCC)C(C)(C)C2)n1. The van der Waals surface area contributed by atoms with Crippen molar-refractivity contribution in [2.45, 2.75) is 499 Å². The van der Waals surface area contributed by atoms with Gasteiger partial charge >= 0.3 is 0 Å². The van der Waals surface area contributed by atoms with Crippen LogP contribution < -0.4 is 19.6 Å². The summed E-state index contributed by atoms with van der Waals surface area (Å²) in [6, 6.07) is 0.766. The molecule has 1 unspecified atom stereocenters. The van der Waals surface area contributed by atoms with Crippen molar-refractivity contribution in [2.75, 3.05) is 98.4 Å². The second kappa shape index (κ2) is 45.3. The van der Waals surface area contributed by atoms with Gasteiger partial charge in [-0.05, 0) is 278 Å². The zero-order valence-corrected chi connectivity index (χ0v) is 80.9. The maximum Gasteiger partial charge on any atom is 0.230 e. The number of anilines is 4. The fourth-order valence-electron chi connectivity index (χ4n) is 21.9. The van der Waals surface area contributed by atoms with Crippen LogP contribution >= 0.6 is 0 Å². The largest absolute Gasteiger partial charge is 0.341 e. The summed E-state index contributed by atoms with van der Waals surface area (Å²) >= 11 is 0. The summed E-state index contributed by atoms with van der Waals surface area (Å²) in [6.07, 6.45) is 33.4. The predicted molar refractivity (Wildman–Crippen MR) is 486 cm³/mol. The van der Waals surface area contributed by atoms with Crippen LogP contribution in [0.2, 0.25) is 0 Å². The topological polar surface area (TPSA) is 147 Å². The lowest BCUT2D eigenvalue weighted by atomic mass is 9.75. The molecule has 4 fully saturated rings. The van der Waals surface area contributed by atoms with Crippen molar-refractivity contribution in [3.8, 4) is 0 Å². The first-order chi connectivity index (χ1) is 54.3. The molecule has 2 aromatic heterocycles. The number of hydroxylamine groups is 8. The number of piperidine rings is 4. The van der Waals surface area contributed by atoms with Gasteiger partial charge in [-0.1, -0.05) is 155 Å². The van der Waals surface area contributed by atoms with Crippen LogP contribution in [0.1, 0.15) is 431 Å². The van der Waals surface area contributed by atoms with Crippen molar-refractivity contribution in [1.29, 1.82) is 0 Å². The molecule has 20 nitrogen and oxygen atoms in total. The lowest BCUT2D eigenvalue weighted by Gasteiger charge is -2.58. The molecule has 1 atom stereocenters. The molecule has 0 spiro atoms. The van der Waals surface area contributed by atoms with E-state index in [-0.39, 0.29) is 68.5 Å². The number of hydrogen-bond acceptors (Lipinski definition) is 20. The zero-order valence-electron chi connectivity index (χ0n) is 80.9. The molecule has 0 N–H and O–H groups in total. The highest BCUT2D eigenvalue weighted by Gasteiger charge is 2.56. The summed E-state index contributed by atoms with van der Waals surface area (Å²) in [5.74, 6) is 5.34. The first kappa shape index (κ1) is 101. The number of rotatable bonds is 54. The van der Waals surface area contributed by atoms with Crippen LogP contribution in [0.25, 0.3) is 0 Å². The Morgan fingerprint density at radius 2 is 0.513 bits per heavy atom. The standard InChI is InChI=1S/C95H184N16O4/c1-31-45-56-102(57-46-32-2)82-96-81(97-83(100-82)103(58-47-33-3)59-48-34-4)95(44-14,55-37-7)107(79-74-92(27,28)111(115-67-41-11)93(29,30)75-79)63-54-52-51-53-61-105(77-70-88(19,20)109(113-65-39-9)89(21,22)71-77)85-99-80(98-84(101-85)104(60-49-35-5)76-68-86(15,16)108(112-64-38-8)87(17,18)69-76)94(42-12,43-13)106(62-50-36-6)78-72-90(23,24)110(114-66-40-10)91(25,26)73-78/h76-79H,31-75H2,1-30H3. The average molecular weight is 1610 g/mol. The van der Waals surface area contributed by atoms with Crippen molar-refractivity contribution in [1.82, 2.24) is 60.0 Å². The molecule has 4 saturated heterocycles. The summed E-state index contributed by atoms with van der Waals surface area (Å²) < 4.78 is 0. The van der Waals surface area contributed by atoms with Crippen LogP contribution in [-0.4, -0.2) is 207 Å². The number of aromatic nitrogens is 6. The second-order valence-electron chi connectivity index (χ2n) is 40.9. The van der Waals surface area contributed by atoms with E-state index in [0.29, 0.717) is 26.4 Å². The summed E-state index contributed by atoms with van der Waals surface area (Å²) in [7, 11) is 0. The number of nitrogens with zero attached hydrogens (tertiary/aromatic N) is 16. The summed E-state index contributed by atoms with van der Waals surface area (Å²) in [4.78, 5) is 79.7. The van der Waals surface area contributed by atoms with E-state index in [9.17, 15) is 0 Å². The minimum Gasteiger partial charge on any atom is -0.341 e. The Morgan fingerprint density at radius 1 is 0.270 bits per heavy atom. The molecular weight excluding hydrogens is 1430 g/mol. The van der Waals surface area contributed by atoms with E-state index in [4.69, 9.17) is 49.3 Å². The normalized spacial score (nSPS) is 20.9. The summed E-state index contributed by atoms with van der Waals surface area (Å²) in [5.41, 5.74) is -2.93. The summed E-state index contributed by atoms with van der Waals surface area (Å²) in [5, 5.41) is 9.48. The van der Waals surface area contributed by atoms with Gasteiger partial charge in [0, 0.05) is 108 Å². The Balaban J connectivity index is 1.60. The van der Waals surface area contributed by atoms with Crippen LogP contribution in [-0.2, 0) is 30.4 Å². The lowest BCUT2D eigenvalue weighted by Crippen LogP contribution is -2.66. The third kappa shape index (κ3) is 25.5. The molecule has 0 radical (unpaired) electrons. The van der Waals surface area contributed by atoms with E-state index in [1.165, 1.54) is 0 Å². The fourth-order valence-corrected chi connectivity index (χ4v) is 21.9. The molecule has 115 heavy (non-hydrogen) atoms. The Bertz CT molecular complexity index is 2960. The van der Waals surface area contributed by atoms with E-state index >= 15 is 0 Å². The first-order valence-electron chi connectivity index (χ1n) is 48.2. The molecule has 2 aromatic rings. The smallest absolute Gasteiger partial charge is 0.230 e. The van der Waals surface area contributed by atoms with Crippen LogP contribution in [0.5, 0.6) is 0 Å². The van der Waals surface area contributed by atoms with Crippen LogP contribution in [0, 0.1) is 0 Å². The number of hydrogen-bond donors (Lipinski definition) is 0. The maximum absolute atomic E-state index is 6.88. The van der Waals surface area contributed by atoms with Crippen molar-refractivity contribution >= 4 is 23.8 Å². The van der Waals surface area contributed by atoms with Gasteiger partial charge in [-0.15, -0.1) is 0 Å². The number of unbranched alkanes of at least 4 members (excludes halogenated alkanes) is 9. The van der Waals surface area contributed by atoms with Gasteiger partial charge in [0.25, 0.3) is 0 Å². The van der Waals surface area contributed by atoms with E-state index in [1.807, 2.05) is 0 Å². The van der Waals surface area contributed by atoms with Gasteiger partial charge < -0.3 is 19.6 Å². The highest BCUT2D eigenvalue weighted by molar-refractivity contribution is 5.44. The Labute approximate surface area is 708 Å². The lowest BCUT2D eigenvalue weighted by molar-refractivity contribution is -0.291. The molecule has 0 amide bonds. The van der Waals surface area contributed by atoms with Crippen molar-refractivity contribution in [3.63, 3.8) is 0 Å². The molecule has 0 saturated carbocycles. The molecule has 0 aliphatic carbocycles. The van der Waals surface area contributed by atoms with E-state index < -0.39 is 11.1 Å². The molecule has 668 valence electrons. The summed E-state index contributed by atoms with van der Waals surface area (Å²) in [6.45, 7) is 81.6. The van der Waals surface area contributed by atoms with Gasteiger partial charge in [0.2, 0.25) is 23.8 Å². The molecule has 0 bridgehead atoms. The van der Waals surface area contributed by atoms with Crippen LogP contribution in [0.3, 0.4) is 0 Å². The zero-order chi connectivity index (χ0) is 85.4. The molecule has 4 aliphatic heterocycles. The molecule has 6 rings (SSSR count). The van der Waals surface area contributed by atoms with Gasteiger partial charge in [-0.2, -0.15) is 50.2 Å². The van der Waals surface area contributed by atoms with Crippen LogP contribution in [0.15, 0.2) is 0 Å². The van der Waals surface area contributed by atoms with E-state index in [0.717, 1.165) is 300 Å². The van der Waals surface area contributed by atoms with E-state index in [1.54, 1.807) is 0 Å². The minimum absolute atomic E-state index is 0.113. The van der Waals surface area contributed by atoms with Gasteiger partial charge in [0.1, 0.15) is 0 Å².